The molecule has 2 aromatic rings. The fraction of sp³-hybridized carbons (Fsp3) is 0.273. The minimum atomic E-state index is -0.345. The van der Waals surface area contributed by atoms with Gasteiger partial charge in [-0.15, -0.1) is 0 Å². The molecule has 0 spiro atoms. The highest BCUT2D eigenvalue weighted by Crippen LogP contribution is 2.20. The van der Waals surface area contributed by atoms with Crippen LogP contribution in [0.5, 0.6) is 5.75 Å². The van der Waals surface area contributed by atoms with E-state index < -0.39 is 0 Å². The summed E-state index contributed by atoms with van der Waals surface area (Å²) < 4.78 is 19.3. The summed E-state index contributed by atoms with van der Waals surface area (Å²) >= 11 is 0. The minimum Gasteiger partial charge on any atom is -0.489 e. The molecule has 0 bridgehead atoms. The highest BCUT2D eigenvalue weighted by molar-refractivity contribution is 6.01. The Balaban J connectivity index is 1.68. The van der Waals surface area contributed by atoms with Crippen molar-refractivity contribution in [1.82, 2.24) is 5.32 Å². The van der Waals surface area contributed by atoms with Gasteiger partial charge in [0.2, 0.25) is 0 Å². The molecule has 0 radical (unpaired) electrons. The molecular formula is C22H21FN2O2. The molecule has 138 valence electrons. The SMILES string of the molecule is N#C/C(=C\c1cccc(OCc2ccccc2F)c1)C(=O)NC1CCCC1. The Morgan fingerprint density at radius 2 is 2.00 bits per heavy atom. The van der Waals surface area contributed by atoms with Crippen molar-refractivity contribution < 1.29 is 13.9 Å². The first kappa shape index (κ1) is 18.7. The summed E-state index contributed by atoms with van der Waals surface area (Å²) in [6.07, 6.45) is 5.68. The molecule has 27 heavy (non-hydrogen) atoms. The van der Waals surface area contributed by atoms with Gasteiger partial charge in [0.05, 0.1) is 0 Å². The molecular weight excluding hydrogens is 343 g/mol. The fourth-order valence-corrected chi connectivity index (χ4v) is 3.12. The number of carbonyl (C=O) groups excluding carboxylic acids is 1. The number of hydrogen-bond acceptors (Lipinski definition) is 3. The van der Waals surface area contributed by atoms with E-state index in [-0.39, 0.29) is 29.9 Å². The summed E-state index contributed by atoms with van der Waals surface area (Å²) in [6.45, 7) is 0.104. The summed E-state index contributed by atoms with van der Waals surface area (Å²) in [5, 5.41) is 12.2. The van der Waals surface area contributed by atoms with Gasteiger partial charge in [0.1, 0.15) is 29.8 Å². The topological polar surface area (TPSA) is 62.1 Å². The van der Waals surface area contributed by atoms with E-state index in [4.69, 9.17) is 4.74 Å². The van der Waals surface area contributed by atoms with Crippen molar-refractivity contribution in [2.75, 3.05) is 0 Å². The highest BCUT2D eigenvalue weighted by atomic mass is 19.1. The molecule has 0 atom stereocenters. The number of amides is 1. The average molecular weight is 364 g/mol. The molecule has 0 aliphatic heterocycles. The molecule has 5 heteroatoms. The summed E-state index contributed by atoms with van der Waals surface area (Å²) in [5.41, 5.74) is 1.21. The normalized spacial score (nSPS) is 14.6. The molecule has 3 rings (SSSR count). The Morgan fingerprint density at radius 1 is 1.22 bits per heavy atom. The molecule has 0 heterocycles. The molecule has 0 unspecified atom stereocenters. The van der Waals surface area contributed by atoms with Crippen LogP contribution in [-0.2, 0) is 11.4 Å². The number of carbonyl (C=O) groups is 1. The van der Waals surface area contributed by atoms with Crippen LogP contribution in [0.1, 0.15) is 36.8 Å². The average Bonchev–Trinajstić information content (AvgIpc) is 3.18. The molecule has 1 amide bonds. The van der Waals surface area contributed by atoms with Gasteiger partial charge in [0, 0.05) is 11.6 Å². The molecule has 2 aromatic carbocycles. The number of rotatable bonds is 6. The maximum atomic E-state index is 13.7. The molecule has 1 aliphatic rings. The zero-order valence-corrected chi connectivity index (χ0v) is 15.0. The van der Waals surface area contributed by atoms with Crippen molar-refractivity contribution >= 4 is 12.0 Å². The molecule has 1 saturated carbocycles. The molecule has 1 fully saturated rings. The Morgan fingerprint density at radius 3 is 2.74 bits per heavy atom. The van der Waals surface area contributed by atoms with Crippen LogP contribution in [-0.4, -0.2) is 11.9 Å². The monoisotopic (exact) mass is 364 g/mol. The summed E-state index contributed by atoms with van der Waals surface area (Å²) in [4.78, 5) is 12.3. The Bertz CT molecular complexity index is 880. The number of nitrogens with one attached hydrogen (secondary N) is 1. The lowest BCUT2D eigenvalue weighted by atomic mass is 10.1. The summed E-state index contributed by atoms with van der Waals surface area (Å²) in [7, 11) is 0. The van der Waals surface area contributed by atoms with E-state index in [1.165, 1.54) is 6.07 Å². The van der Waals surface area contributed by atoms with Gasteiger partial charge in [-0.25, -0.2) is 4.39 Å². The van der Waals surface area contributed by atoms with Crippen LogP contribution >= 0.6 is 0 Å². The van der Waals surface area contributed by atoms with E-state index in [2.05, 4.69) is 5.32 Å². The van der Waals surface area contributed by atoms with E-state index >= 15 is 0 Å². The molecule has 0 saturated heterocycles. The summed E-state index contributed by atoms with van der Waals surface area (Å²) in [6, 6.07) is 15.6. The van der Waals surface area contributed by atoms with Crippen LogP contribution in [0, 0.1) is 17.1 Å². The van der Waals surface area contributed by atoms with Crippen molar-refractivity contribution in [3.8, 4) is 11.8 Å². The first-order chi connectivity index (χ1) is 13.2. The van der Waals surface area contributed by atoms with Crippen molar-refractivity contribution in [2.24, 2.45) is 0 Å². The van der Waals surface area contributed by atoms with Crippen molar-refractivity contribution in [3.63, 3.8) is 0 Å². The van der Waals surface area contributed by atoms with Crippen LogP contribution in [0.2, 0.25) is 0 Å². The van der Waals surface area contributed by atoms with Crippen LogP contribution in [0.25, 0.3) is 6.08 Å². The zero-order valence-electron chi connectivity index (χ0n) is 15.0. The first-order valence-corrected chi connectivity index (χ1v) is 9.04. The second-order valence-electron chi connectivity index (χ2n) is 6.58. The van der Waals surface area contributed by atoms with E-state index in [0.29, 0.717) is 16.9 Å². The zero-order chi connectivity index (χ0) is 19.1. The van der Waals surface area contributed by atoms with Gasteiger partial charge in [0.15, 0.2) is 0 Å². The van der Waals surface area contributed by atoms with Crippen LogP contribution < -0.4 is 10.1 Å². The third-order valence-corrected chi connectivity index (χ3v) is 4.58. The van der Waals surface area contributed by atoms with E-state index in [0.717, 1.165) is 25.7 Å². The number of benzene rings is 2. The number of nitrogens with zero attached hydrogens (tertiary/aromatic N) is 1. The van der Waals surface area contributed by atoms with Gasteiger partial charge in [-0.05, 0) is 42.7 Å². The lowest BCUT2D eigenvalue weighted by Crippen LogP contribution is -2.33. The predicted octanol–water partition coefficient (Wildman–Crippen LogP) is 4.37. The molecule has 1 N–H and O–H groups in total. The lowest BCUT2D eigenvalue weighted by Gasteiger charge is -2.11. The smallest absolute Gasteiger partial charge is 0.262 e. The standard InChI is InChI=1S/C22H21FN2O2/c23-21-11-4-1-7-17(21)15-27-20-10-5-6-16(13-20)12-18(14-24)22(26)25-19-8-2-3-9-19/h1,4-7,10-13,19H,2-3,8-9,15H2,(H,25,26)/b18-12+. The predicted molar refractivity (Wildman–Crippen MR) is 101 cm³/mol. The fourth-order valence-electron chi connectivity index (χ4n) is 3.12. The van der Waals surface area contributed by atoms with Gasteiger partial charge in [0.25, 0.3) is 5.91 Å². The third kappa shape index (κ3) is 5.18. The minimum absolute atomic E-state index is 0.0631. The van der Waals surface area contributed by atoms with Gasteiger partial charge >= 0.3 is 0 Å². The van der Waals surface area contributed by atoms with Crippen molar-refractivity contribution in [2.45, 2.75) is 38.3 Å². The lowest BCUT2D eigenvalue weighted by molar-refractivity contribution is -0.117. The Hall–Kier alpha value is -3.13. The number of hydrogen-bond donors (Lipinski definition) is 1. The van der Waals surface area contributed by atoms with E-state index in [1.807, 2.05) is 6.07 Å². The molecule has 1 aliphatic carbocycles. The maximum absolute atomic E-state index is 13.7. The number of ether oxygens (including phenoxy) is 1. The van der Waals surface area contributed by atoms with Crippen molar-refractivity contribution in [1.29, 1.82) is 5.26 Å². The van der Waals surface area contributed by atoms with Crippen molar-refractivity contribution in [3.05, 3.63) is 71.0 Å². The number of halogens is 1. The second kappa shape index (κ2) is 9.00. The summed E-state index contributed by atoms with van der Waals surface area (Å²) in [5.74, 6) is -0.119. The Labute approximate surface area is 158 Å². The van der Waals surface area contributed by atoms with Gasteiger partial charge in [-0.3, -0.25) is 4.79 Å². The van der Waals surface area contributed by atoms with Crippen LogP contribution in [0.3, 0.4) is 0 Å². The van der Waals surface area contributed by atoms with Crippen LogP contribution in [0.15, 0.2) is 54.1 Å². The van der Waals surface area contributed by atoms with E-state index in [9.17, 15) is 14.4 Å². The van der Waals surface area contributed by atoms with Gasteiger partial charge < -0.3 is 10.1 Å². The second-order valence-corrected chi connectivity index (χ2v) is 6.58. The maximum Gasteiger partial charge on any atom is 0.262 e. The molecule has 0 aromatic heterocycles. The largest absolute Gasteiger partial charge is 0.489 e. The number of nitriles is 1. The highest BCUT2D eigenvalue weighted by Gasteiger charge is 2.19. The first-order valence-electron chi connectivity index (χ1n) is 9.04. The van der Waals surface area contributed by atoms with E-state index in [1.54, 1.807) is 48.5 Å². The van der Waals surface area contributed by atoms with Gasteiger partial charge in [-0.2, -0.15) is 5.26 Å². The Kier molecular flexibility index (Phi) is 6.22. The third-order valence-electron chi connectivity index (χ3n) is 4.58. The van der Waals surface area contributed by atoms with Crippen LogP contribution in [0.4, 0.5) is 4.39 Å². The molecule has 4 nitrogen and oxygen atoms in total. The van der Waals surface area contributed by atoms with Gasteiger partial charge in [-0.1, -0.05) is 43.2 Å². The quantitative estimate of drug-likeness (QED) is 0.611.